The minimum Gasteiger partial charge on any atom is -0.393 e. The van der Waals surface area contributed by atoms with Gasteiger partial charge < -0.3 is 10.0 Å². The van der Waals surface area contributed by atoms with Crippen molar-refractivity contribution in [1.82, 2.24) is 4.90 Å². The average molecular weight is 287 g/mol. The van der Waals surface area contributed by atoms with Crippen LogP contribution in [0.2, 0.25) is 0 Å². The van der Waals surface area contributed by atoms with Gasteiger partial charge in [-0.05, 0) is 54.7 Å². The number of aliphatic hydroxyl groups excluding tert-OH is 1. The van der Waals surface area contributed by atoms with E-state index in [9.17, 15) is 9.90 Å². The normalized spacial score (nSPS) is 25.5. The molecule has 0 saturated carbocycles. The molecule has 1 aromatic rings. The SMILES string of the molecule is CC1CN(C(=O)Cc2ccc3c(c2)CCCC3)CCC1O. The van der Waals surface area contributed by atoms with Gasteiger partial charge in [0, 0.05) is 13.1 Å². The highest BCUT2D eigenvalue weighted by Gasteiger charge is 2.27. The Hall–Kier alpha value is -1.35. The van der Waals surface area contributed by atoms with Gasteiger partial charge in [0.15, 0.2) is 0 Å². The van der Waals surface area contributed by atoms with E-state index in [2.05, 4.69) is 18.2 Å². The van der Waals surface area contributed by atoms with Gasteiger partial charge in [0.25, 0.3) is 0 Å². The summed E-state index contributed by atoms with van der Waals surface area (Å²) in [6.07, 6.45) is 5.85. The zero-order valence-corrected chi connectivity index (χ0v) is 12.8. The van der Waals surface area contributed by atoms with E-state index in [1.54, 1.807) is 0 Å². The van der Waals surface area contributed by atoms with Crippen LogP contribution in [0.5, 0.6) is 0 Å². The fourth-order valence-corrected chi connectivity index (χ4v) is 3.54. The summed E-state index contributed by atoms with van der Waals surface area (Å²) in [5.41, 5.74) is 4.04. The number of amides is 1. The van der Waals surface area contributed by atoms with Gasteiger partial charge in [-0.3, -0.25) is 4.79 Å². The lowest BCUT2D eigenvalue weighted by Gasteiger charge is -2.34. The predicted molar refractivity (Wildman–Crippen MR) is 83.2 cm³/mol. The lowest BCUT2D eigenvalue weighted by Crippen LogP contribution is -2.45. The summed E-state index contributed by atoms with van der Waals surface area (Å²) < 4.78 is 0. The molecule has 2 atom stereocenters. The van der Waals surface area contributed by atoms with Gasteiger partial charge in [0.2, 0.25) is 5.91 Å². The summed E-state index contributed by atoms with van der Waals surface area (Å²) in [4.78, 5) is 14.3. The van der Waals surface area contributed by atoms with E-state index in [4.69, 9.17) is 0 Å². The van der Waals surface area contributed by atoms with Crippen molar-refractivity contribution in [3.8, 4) is 0 Å². The number of hydrogen-bond donors (Lipinski definition) is 1. The van der Waals surface area contributed by atoms with Crippen molar-refractivity contribution in [2.24, 2.45) is 5.92 Å². The first-order valence-electron chi connectivity index (χ1n) is 8.20. The van der Waals surface area contributed by atoms with Crippen LogP contribution >= 0.6 is 0 Å². The third-order valence-corrected chi connectivity index (χ3v) is 4.98. The van der Waals surface area contributed by atoms with Crippen molar-refractivity contribution in [2.45, 2.75) is 51.6 Å². The summed E-state index contributed by atoms with van der Waals surface area (Å²) in [5.74, 6) is 0.385. The first-order valence-corrected chi connectivity index (χ1v) is 8.20. The van der Waals surface area contributed by atoms with Crippen LogP contribution in [-0.4, -0.2) is 35.1 Å². The smallest absolute Gasteiger partial charge is 0.227 e. The molecule has 1 amide bonds. The molecule has 1 aliphatic carbocycles. The molecule has 0 radical (unpaired) electrons. The summed E-state index contributed by atoms with van der Waals surface area (Å²) in [7, 11) is 0. The first-order chi connectivity index (χ1) is 10.1. The Bertz CT molecular complexity index is 526. The number of nitrogens with zero attached hydrogens (tertiary/aromatic N) is 1. The molecule has 0 bridgehead atoms. The van der Waals surface area contributed by atoms with Crippen LogP contribution in [0.4, 0.5) is 0 Å². The van der Waals surface area contributed by atoms with Crippen LogP contribution in [0, 0.1) is 5.92 Å². The Morgan fingerprint density at radius 2 is 2.05 bits per heavy atom. The Balaban J connectivity index is 1.65. The third-order valence-electron chi connectivity index (χ3n) is 4.98. The molecular formula is C18H25NO2. The first kappa shape index (κ1) is 14.6. The van der Waals surface area contributed by atoms with E-state index in [1.165, 1.54) is 30.4 Å². The highest BCUT2D eigenvalue weighted by molar-refractivity contribution is 5.79. The number of aliphatic hydroxyl groups is 1. The van der Waals surface area contributed by atoms with Gasteiger partial charge >= 0.3 is 0 Å². The van der Waals surface area contributed by atoms with Crippen molar-refractivity contribution in [3.05, 3.63) is 34.9 Å². The number of piperidine rings is 1. The average Bonchev–Trinajstić information content (AvgIpc) is 2.50. The number of carbonyl (C=O) groups excluding carboxylic acids is 1. The van der Waals surface area contributed by atoms with Crippen molar-refractivity contribution in [3.63, 3.8) is 0 Å². The van der Waals surface area contributed by atoms with Crippen molar-refractivity contribution in [1.29, 1.82) is 0 Å². The van der Waals surface area contributed by atoms with Gasteiger partial charge in [-0.25, -0.2) is 0 Å². The molecule has 3 rings (SSSR count). The van der Waals surface area contributed by atoms with Gasteiger partial charge in [0.05, 0.1) is 12.5 Å². The van der Waals surface area contributed by atoms with Gasteiger partial charge in [-0.1, -0.05) is 25.1 Å². The number of likely N-dealkylation sites (tertiary alicyclic amines) is 1. The lowest BCUT2D eigenvalue weighted by molar-refractivity contribution is -0.133. The van der Waals surface area contributed by atoms with Gasteiger partial charge in [0.1, 0.15) is 0 Å². The van der Waals surface area contributed by atoms with E-state index >= 15 is 0 Å². The molecule has 0 spiro atoms. The summed E-state index contributed by atoms with van der Waals surface area (Å²) >= 11 is 0. The largest absolute Gasteiger partial charge is 0.393 e. The van der Waals surface area contributed by atoms with Gasteiger partial charge in [-0.15, -0.1) is 0 Å². The Kier molecular flexibility index (Phi) is 4.29. The molecule has 1 aliphatic heterocycles. The lowest BCUT2D eigenvalue weighted by atomic mass is 9.89. The molecule has 0 aromatic heterocycles. The topological polar surface area (TPSA) is 40.5 Å². The third kappa shape index (κ3) is 3.29. The Labute approximate surface area is 127 Å². The fourth-order valence-electron chi connectivity index (χ4n) is 3.54. The van der Waals surface area contributed by atoms with Crippen LogP contribution in [0.25, 0.3) is 0 Å². The molecule has 114 valence electrons. The molecule has 1 fully saturated rings. The van der Waals surface area contributed by atoms with Crippen LogP contribution in [0.3, 0.4) is 0 Å². The molecule has 3 nitrogen and oxygen atoms in total. The monoisotopic (exact) mass is 287 g/mol. The highest BCUT2D eigenvalue weighted by Crippen LogP contribution is 2.23. The molecule has 1 heterocycles. The van der Waals surface area contributed by atoms with E-state index in [-0.39, 0.29) is 17.9 Å². The number of benzene rings is 1. The summed E-state index contributed by atoms with van der Waals surface area (Å²) in [6.45, 7) is 3.39. The Morgan fingerprint density at radius 1 is 1.29 bits per heavy atom. The zero-order valence-electron chi connectivity index (χ0n) is 12.8. The quantitative estimate of drug-likeness (QED) is 0.907. The molecule has 1 aromatic carbocycles. The number of rotatable bonds is 2. The minimum absolute atomic E-state index is 0.186. The number of hydrogen-bond acceptors (Lipinski definition) is 2. The van der Waals surface area contributed by atoms with Crippen molar-refractivity contribution in [2.75, 3.05) is 13.1 Å². The van der Waals surface area contributed by atoms with Gasteiger partial charge in [-0.2, -0.15) is 0 Å². The predicted octanol–water partition coefficient (Wildman–Crippen LogP) is 2.34. The van der Waals surface area contributed by atoms with E-state index in [0.29, 0.717) is 25.9 Å². The standard InChI is InChI=1S/C18H25NO2/c1-13-12-19(9-8-17(13)20)18(21)11-14-6-7-15-4-2-3-5-16(15)10-14/h6-7,10,13,17,20H,2-5,8-9,11-12H2,1H3. The highest BCUT2D eigenvalue weighted by atomic mass is 16.3. The maximum atomic E-state index is 12.4. The molecule has 2 unspecified atom stereocenters. The molecular weight excluding hydrogens is 262 g/mol. The van der Waals surface area contributed by atoms with E-state index in [0.717, 1.165) is 12.0 Å². The molecule has 1 N–H and O–H groups in total. The molecule has 3 heteroatoms. The maximum absolute atomic E-state index is 12.4. The summed E-state index contributed by atoms with van der Waals surface area (Å²) in [5, 5.41) is 9.76. The van der Waals surface area contributed by atoms with Crippen molar-refractivity contribution >= 4 is 5.91 Å². The molecule has 21 heavy (non-hydrogen) atoms. The molecule has 1 saturated heterocycles. The van der Waals surface area contributed by atoms with Crippen LogP contribution in [0.1, 0.15) is 42.9 Å². The van der Waals surface area contributed by atoms with Crippen molar-refractivity contribution < 1.29 is 9.90 Å². The number of aryl methyl sites for hydroxylation is 2. The second kappa shape index (κ2) is 6.18. The fraction of sp³-hybridized carbons (Fsp3) is 0.611. The number of fused-ring (bicyclic) bond motifs is 1. The second-order valence-corrected chi connectivity index (χ2v) is 6.66. The Morgan fingerprint density at radius 3 is 2.81 bits per heavy atom. The van der Waals surface area contributed by atoms with E-state index < -0.39 is 0 Å². The summed E-state index contributed by atoms with van der Waals surface area (Å²) in [6, 6.07) is 6.55. The van der Waals surface area contributed by atoms with Crippen LogP contribution in [0.15, 0.2) is 18.2 Å². The van der Waals surface area contributed by atoms with Crippen LogP contribution < -0.4 is 0 Å². The minimum atomic E-state index is -0.252. The second-order valence-electron chi connectivity index (χ2n) is 6.66. The molecule has 2 aliphatic rings. The van der Waals surface area contributed by atoms with E-state index in [1.807, 2.05) is 11.8 Å². The number of carbonyl (C=O) groups is 1. The zero-order chi connectivity index (χ0) is 14.8. The van der Waals surface area contributed by atoms with Crippen LogP contribution in [-0.2, 0) is 24.1 Å². The maximum Gasteiger partial charge on any atom is 0.227 e.